The van der Waals surface area contributed by atoms with Crippen LogP contribution < -0.4 is 11.5 Å². The molecule has 2 rings (SSSR count). The van der Waals surface area contributed by atoms with Crippen LogP contribution >= 0.6 is 11.8 Å². The molecule has 0 saturated carbocycles. The fraction of sp³-hybridized carbons (Fsp3) is 0.214. The predicted molar refractivity (Wildman–Crippen MR) is 76.5 cm³/mol. The van der Waals surface area contributed by atoms with Crippen LogP contribution in [0.15, 0.2) is 47.4 Å². The Morgan fingerprint density at radius 3 is 2.61 bits per heavy atom. The van der Waals surface area contributed by atoms with Crippen molar-refractivity contribution in [3.8, 4) is 0 Å². The molecule has 94 valence electrons. The molecule has 18 heavy (non-hydrogen) atoms. The minimum absolute atomic E-state index is 0.436. The summed E-state index contributed by atoms with van der Waals surface area (Å²) < 4.78 is 0. The smallest absolute Gasteiger partial charge is 0.234 e. The minimum Gasteiger partial charge on any atom is -0.368 e. The molecule has 0 bridgehead atoms. The Kier molecular flexibility index (Phi) is 4.23. The lowest BCUT2D eigenvalue weighted by Crippen LogP contribution is -2.36. The first-order valence-corrected chi connectivity index (χ1v) is 6.82. The summed E-state index contributed by atoms with van der Waals surface area (Å²) in [4.78, 5) is 12.0. The van der Waals surface area contributed by atoms with Gasteiger partial charge in [-0.05, 0) is 35.1 Å². The van der Waals surface area contributed by atoms with Crippen molar-refractivity contribution >= 4 is 28.4 Å². The number of hydrogen-bond donors (Lipinski definition) is 2. The number of carbonyl (C=O) groups excluding carboxylic acids is 1. The highest BCUT2D eigenvalue weighted by molar-refractivity contribution is 7.99. The minimum atomic E-state index is -0.544. The zero-order chi connectivity index (χ0) is 13.0. The largest absolute Gasteiger partial charge is 0.368 e. The molecule has 0 spiro atoms. The van der Waals surface area contributed by atoms with E-state index in [1.807, 2.05) is 12.1 Å². The Morgan fingerprint density at radius 1 is 1.17 bits per heavy atom. The molecule has 0 aliphatic heterocycles. The SMILES string of the molecule is NC(=O)C(N)CCSc1ccc2ccccc2c1. The number of benzene rings is 2. The molecule has 1 unspecified atom stereocenters. The topological polar surface area (TPSA) is 69.1 Å². The molecular weight excluding hydrogens is 244 g/mol. The van der Waals surface area contributed by atoms with Crippen molar-refractivity contribution in [2.45, 2.75) is 17.4 Å². The van der Waals surface area contributed by atoms with E-state index < -0.39 is 11.9 Å². The zero-order valence-corrected chi connectivity index (χ0v) is 10.8. The molecule has 0 radical (unpaired) electrons. The number of thioether (sulfide) groups is 1. The number of amides is 1. The van der Waals surface area contributed by atoms with Gasteiger partial charge in [0.1, 0.15) is 0 Å². The Bertz CT molecular complexity index is 556. The van der Waals surface area contributed by atoms with Gasteiger partial charge in [-0.3, -0.25) is 4.79 Å². The molecule has 0 aliphatic carbocycles. The monoisotopic (exact) mass is 260 g/mol. The number of carbonyl (C=O) groups is 1. The van der Waals surface area contributed by atoms with Gasteiger partial charge in [-0.1, -0.05) is 30.3 Å². The molecule has 4 heteroatoms. The number of primary amides is 1. The van der Waals surface area contributed by atoms with Crippen LogP contribution in [0.3, 0.4) is 0 Å². The third kappa shape index (κ3) is 3.24. The van der Waals surface area contributed by atoms with E-state index in [-0.39, 0.29) is 0 Å². The summed E-state index contributed by atoms with van der Waals surface area (Å²) in [5.41, 5.74) is 10.7. The molecule has 3 nitrogen and oxygen atoms in total. The lowest BCUT2D eigenvalue weighted by Gasteiger charge is -2.07. The van der Waals surface area contributed by atoms with Crippen LogP contribution in [0.25, 0.3) is 10.8 Å². The first-order valence-electron chi connectivity index (χ1n) is 5.83. The van der Waals surface area contributed by atoms with E-state index in [0.29, 0.717) is 6.42 Å². The highest BCUT2D eigenvalue weighted by atomic mass is 32.2. The lowest BCUT2D eigenvalue weighted by molar-refractivity contribution is -0.119. The number of fused-ring (bicyclic) bond motifs is 1. The Morgan fingerprint density at radius 2 is 1.89 bits per heavy atom. The van der Waals surface area contributed by atoms with Gasteiger partial charge < -0.3 is 11.5 Å². The van der Waals surface area contributed by atoms with Crippen LogP contribution in [0, 0.1) is 0 Å². The van der Waals surface area contributed by atoms with E-state index in [1.165, 1.54) is 15.7 Å². The average Bonchev–Trinajstić information content (AvgIpc) is 2.38. The van der Waals surface area contributed by atoms with Gasteiger partial charge in [-0.2, -0.15) is 0 Å². The quantitative estimate of drug-likeness (QED) is 0.809. The molecule has 2 aromatic rings. The van der Waals surface area contributed by atoms with Gasteiger partial charge in [-0.25, -0.2) is 0 Å². The lowest BCUT2D eigenvalue weighted by atomic mass is 10.1. The third-order valence-corrected chi connectivity index (χ3v) is 3.81. The first kappa shape index (κ1) is 12.9. The molecule has 0 heterocycles. The van der Waals surface area contributed by atoms with E-state index in [0.717, 1.165) is 5.75 Å². The van der Waals surface area contributed by atoms with Gasteiger partial charge in [0, 0.05) is 4.90 Å². The van der Waals surface area contributed by atoms with Gasteiger partial charge in [0.15, 0.2) is 0 Å². The summed E-state index contributed by atoms with van der Waals surface area (Å²) >= 11 is 1.69. The molecule has 0 aliphatic rings. The van der Waals surface area contributed by atoms with Gasteiger partial charge in [0.05, 0.1) is 6.04 Å². The second-order valence-electron chi connectivity index (χ2n) is 4.15. The van der Waals surface area contributed by atoms with Crippen LogP contribution in [0.5, 0.6) is 0 Å². The maximum absolute atomic E-state index is 10.8. The molecule has 2 aromatic carbocycles. The summed E-state index contributed by atoms with van der Waals surface area (Å²) in [5.74, 6) is 0.358. The van der Waals surface area contributed by atoms with Crippen LogP contribution in [-0.4, -0.2) is 17.7 Å². The molecular formula is C14H16N2OS. The van der Waals surface area contributed by atoms with E-state index in [9.17, 15) is 4.79 Å². The van der Waals surface area contributed by atoms with E-state index in [4.69, 9.17) is 11.5 Å². The van der Waals surface area contributed by atoms with Crippen LogP contribution in [0.1, 0.15) is 6.42 Å². The summed E-state index contributed by atoms with van der Waals surface area (Å²) in [6.07, 6.45) is 0.604. The van der Waals surface area contributed by atoms with Crippen LogP contribution in [-0.2, 0) is 4.79 Å². The number of nitrogens with two attached hydrogens (primary N) is 2. The summed E-state index contributed by atoms with van der Waals surface area (Å²) in [7, 11) is 0. The van der Waals surface area contributed by atoms with Crippen molar-refractivity contribution < 1.29 is 4.79 Å². The van der Waals surface area contributed by atoms with E-state index >= 15 is 0 Å². The van der Waals surface area contributed by atoms with Crippen molar-refractivity contribution in [1.29, 1.82) is 0 Å². The fourth-order valence-electron chi connectivity index (χ4n) is 1.70. The average molecular weight is 260 g/mol. The fourth-order valence-corrected chi connectivity index (χ4v) is 2.69. The maximum atomic E-state index is 10.8. The van der Waals surface area contributed by atoms with Gasteiger partial charge >= 0.3 is 0 Å². The summed E-state index contributed by atoms with van der Waals surface area (Å²) in [6.45, 7) is 0. The highest BCUT2D eigenvalue weighted by Crippen LogP contribution is 2.24. The molecule has 1 amide bonds. The number of rotatable bonds is 5. The van der Waals surface area contributed by atoms with Crippen LogP contribution in [0.2, 0.25) is 0 Å². The zero-order valence-electron chi connectivity index (χ0n) is 10.0. The second-order valence-corrected chi connectivity index (χ2v) is 5.32. The summed E-state index contributed by atoms with van der Waals surface area (Å²) in [6, 6.07) is 14.0. The molecule has 4 N–H and O–H groups in total. The van der Waals surface area contributed by atoms with E-state index in [2.05, 4.69) is 30.3 Å². The second kappa shape index (κ2) is 5.89. The third-order valence-electron chi connectivity index (χ3n) is 2.78. The highest BCUT2D eigenvalue weighted by Gasteiger charge is 2.08. The van der Waals surface area contributed by atoms with Crippen molar-refractivity contribution in [2.75, 3.05) is 5.75 Å². The van der Waals surface area contributed by atoms with Crippen molar-refractivity contribution in [2.24, 2.45) is 11.5 Å². The Labute approximate surface area is 111 Å². The van der Waals surface area contributed by atoms with E-state index in [1.54, 1.807) is 11.8 Å². The van der Waals surface area contributed by atoms with Crippen molar-refractivity contribution in [3.63, 3.8) is 0 Å². The maximum Gasteiger partial charge on any atom is 0.234 e. The molecule has 0 fully saturated rings. The van der Waals surface area contributed by atoms with Gasteiger partial charge in [0.2, 0.25) is 5.91 Å². The standard InChI is InChI=1S/C14H16N2OS/c15-13(14(16)17)7-8-18-12-6-5-10-3-1-2-4-11(10)9-12/h1-6,9,13H,7-8,15H2,(H2,16,17). The predicted octanol–water partition coefficient (Wildman–Crippen LogP) is 2.13. The molecule has 0 aromatic heterocycles. The Hall–Kier alpha value is -1.52. The molecule has 1 atom stereocenters. The van der Waals surface area contributed by atoms with Crippen molar-refractivity contribution in [3.05, 3.63) is 42.5 Å². The van der Waals surface area contributed by atoms with Crippen molar-refractivity contribution in [1.82, 2.24) is 0 Å². The first-order chi connectivity index (χ1) is 8.66. The Balaban J connectivity index is 1.98. The van der Waals surface area contributed by atoms with Gasteiger partial charge in [-0.15, -0.1) is 11.8 Å². The molecule has 0 saturated heterocycles. The summed E-state index contributed by atoms with van der Waals surface area (Å²) in [5, 5.41) is 2.46. The number of hydrogen-bond acceptors (Lipinski definition) is 3. The van der Waals surface area contributed by atoms with Gasteiger partial charge in [0.25, 0.3) is 0 Å². The van der Waals surface area contributed by atoms with Crippen LogP contribution in [0.4, 0.5) is 0 Å². The normalized spacial score (nSPS) is 12.5.